The lowest BCUT2D eigenvalue weighted by Gasteiger charge is -2.36. The molecule has 4 aromatic rings. The van der Waals surface area contributed by atoms with E-state index >= 15 is 0 Å². The minimum atomic E-state index is -0.365. The van der Waals surface area contributed by atoms with E-state index in [0.717, 1.165) is 44.5 Å². The van der Waals surface area contributed by atoms with E-state index in [4.69, 9.17) is 11.6 Å². The molecule has 2 N–H and O–H groups in total. The van der Waals surface area contributed by atoms with Gasteiger partial charge in [-0.1, -0.05) is 35.9 Å². The number of anilines is 1. The fourth-order valence-electron chi connectivity index (χ4n) is 4.54. The van der Waals surface area contributed by atoms with Gasteiger partial charge in [0.05, 0.1) is 6.04 Å². The van der Waals surface area contributed by atoms with Crippen molar-refractivity contribution < 1.29 is 9.18 Å². The molecule has 1 unspecified atom stereocenters. The fraction of sp³-hybridized carbons (Fsp3) is 0.192. The molecular formula is C26H23ClFN3O. The zero-order valence-corrected chi connectivity index (χ0v) is 18.6. The average molecular weight is 448 g/mol. The number of hydrogen-bond acceptors (Lipinski definition) is 1. The van der Waals surface area contributed by atoms with Crippen molar-refractivity contribution >= 4 is 34.2 Å². The van der Waals surface area contributed by atoms with Crippen molar-refractivity contribution in [2.45, 2.75) is 26.3 Å². The van der Waals surface area contributed by atoms with Crippen LogP contribution in [0.3, 0.4) is 0 Å². The Balaban J connectivity index is 1.59. The molecule has 0 bridgehead atoms. The van der Waals surface area contributed by atoms with Crippen molar-refractivity contribution in [3.05, 3.63) is 99.5 Å². The minimum Gasteiger partial charge on any atom is -0.356 e. The van der Waals surface area contributed by atoms with E-state index < -0.39 is 0 Å². The average Bonchev–Trinajstić information content (AvgIpc) is 3.15. The van der Waals surface area contributed by atoms with Crippen LogP contribution in [0.15, 0.2) is 60.7 Å². The van der Waals surface area contributed by atoms with Crippen LogP contribution in [0.1, 0.15) is 34.0 Å². The first-order valence-electron chi connectivity index (χ1n) is 10.6. The van der Waals surface area contributed by atoms with Gasteiger partial charge < -0.3 is 15.2 Å². The Kier molecular flexibility index (Phi) is 5.14. The van der Waals surface area contributed by atoms with E-state index in [1.165, 1.54) is 12.1 Å². The molecule has 0 saturated carbocycles. The van der Waals surface area contributed by atoms with E-state index in [9.17, 15) is 9.18 Å². The number of urea groups is 1. The number of rotatable bonds is 2. The van der Waals surface area contributed by atoms with Gasteiger partial charge in [0, 0.05) is 33.9 Å². The Morgan fingerprint density at radius 2 is 1.91 bits per heavy atom. The van der Waals surface area contributed by atoms with Crippen molar-refractivity contribution in [3.63, 3.8) is 0 Å². The van der Waals surface area contributed by atoms with Gasteiger partial charge in [-0.2, -0.15) is 0 Å². The molecule has 0 radical (unpaired) electrons. The number of aryl methyl sites for hydroxylation is 1. The zero-order valence-electron chi connectivity index (χ0n) is 17.9. The number of nitrogens with zero attached hydrogens (tertiary/aromatic N) is 1. The minimum absolute atomic E-state index is 0.185. The number of carbonyl (C=O) groups is 1. The van der Waals surface area contributed by atoms with Crippen molar-refractivity contribution in [1.29, 1.82) is 0 Å². The number of hydrogen-bond donors (Lipinski definition) is 2. The van der Waals surface area contributed by atoms with Crippen LogP contribution >= 0.6 is 11.6 Å². The molecule has 4 nitrogen and oxygen atoms in total. The van der Waals surface area contributed by atoms with Crippen LogP contribution in [0.4, 0.5) is 14.9 Å². The summed E-state index contributed by atoms with van der Waals surface area (Å²) in [4.78, 5) is 18.8. The highest BCUT2D eigenvalue weighted by Gasteiger charge is 2.34. The van der Waals surface area contributed by atoms with Gasteiger partial charge >= 0.3 is 6.03 Å². The second kappa shape index (κ2) is 7.99. The first-order chi connectivity index (χ1) is 15.4. The van der Waals surface area contributed by atoms with Crippen LogP contribution in [0.5, 0.6) is 0 Å². The number of halogens is 2. The number of amides is 2. The molecule has 6 heteroatoms. The first-order valence-corrected chi connectivity index (χ1v) is 11.0. The summed E-state index contributed by atoms with van der Waals surface area (Å²) in [6.45, 7) is 4.55. The van der Waals surface area contributed by atoms with E-state index in [2.05, 4.69) is 10.3 Å². The third-order valence-electron chi connectivity index (χ3n) is 6.38. The lowest BCUT2D eigenvalue weighted by Crippen LogP contribution is -2.43. The highest BCUT2D eigenvalue weighted by molar-refractivity contribution is 6.31. The van der Waals surface area contributed by atoms with Gasteiger partial charge in [-0.05, 0) is 78.9 Å². The maximum Gasteiger partial charge on any atom is 0.322 e. The van der Waals surface area contributed by atoms with Crippen LogP contribution in [-0.2, 0) is 6.42 Å². The number of H-pyrrole nitrogens is 1. The standard InChI is InChI=1S/C26H23ClFN3O/c1-15-4-3-5-22(16(15)2)30-26(32)31-13-12-20-21-14-18(27)8-11-23(21)29-24(20)25(31)17-6-9-19(28)10-7-17/h3-11,14,25,29H,12-13H2,1-2H3,(H,30,32). The number of carbonyl (C=O) groups excluding carboxylic acids is 1. The Hall–Kier alpha value is -3.31. The van der Waals surface area contributed by atoms with Gasteiger partial charge in [0.1, 0.15) is 5.82 Å². The molecular weight excluding hydrogens is 425 g/mol. The van der Waals surface area contributed by atoms with Crippen LogP contribution in [0.25, 0.3) is 10.9 Å². The van der Waals surface area contributed by atoms with Crippen molar-refractivity contribution in [1.82, 2.24) is 9.88 Å². The maximum atomic E-state index is 13.7. The highest BCUT2D eigenvalue weighted by Crippen LogP contribution is 2.39. The number of aromatic amines is 1. The summed E-state index contributed by atoms with van der Waals surface area (Å²) >= 11 is 6.26. The van der Waals surface area contributed by atoms with Crippen LogP contribution in [-0.4, -0.2) is 22.5 Å². The molecule has 0 aliphatic carbocycles. The molecule has 1 aliphatic heterocycles. The van der Waals surface area contributed by atoms with Gasteiger partial charge in [-0.3, -0.25) is 0 Å². The Morgan fingerprint density at radius 1 is 1.12 bits per heavy atom. The summed E-state index contributed by atoms with van der Waals surface area (Å²) in [5.74, 6) is -0.306. The third kappa shape index (κ3) is 3.53. The number of aromatic nitrogens is 1. The SMILES string of the molecule is Cc1cccc(NC(=O)N2CCc3c([nH]c4ccc(Cl)cc34)C2c2ccc(F)cc2)c1C. The van der Waals surface area contributed by atoms with Gasteiger partial charge in [0.2, 0.25) is 0 Å². The van der Waals surface area contributed by atoms with Crippen molar-refractivity contribution in [2.75, 3.05) is 11.9 Å². The predicted octanol–water partition coefficient (Wildman–Crippen LogP) is 6.76. The molecule has 32 heavy (non-hydrogen) atoms. The fourth-order valence-corrected chi connectivity index (χ4v) is 4.72. The predicted molar refractivity (Wildman–Crippen MR) is 127 cm³/mol. The van der Waals surface area contributed by atoms with Crippen molar-refractivity contribution in [3.8, 4) is 0 Å². The molecule has 0 fully saturated rings. The lowest BCUT2D eigenvalue weighted by atomic mass is 9.92. The highest BCUT2D eigenvalue weighted by atomic mass is 35.5. The summed E-state index contributed by atoms with van der Waals surface area (Å²) in [6.07, 6.45) is 0.702. The molecule has 2 heterocycles. The quantitative estimate of drug-likeness (QED) is 0.350. The van der Waals surface area contributed by atoms with Crippen molar-refractivity contribution in [2.24, 2.45) is 0 Å². The smallest absolute Gasteiger partial charge is 0.322 e. The van der Waals surface area contributed by atoms with Gasteiger partial charge in [-0.25, -0.2) is 9.18 Å². The number of fused-ring (bicyclic) bond motifs is 3. The summed E-state index contributed by atoms with van der Waals surface area (Å²) in [5, 5.41) is 4.82. The van der Waals surface area contributed by atoms with Gasteiger partial charge in [0.15, 0.2) is 0 Å². The maximum absolute atomic E-state index is 13.7. The first kappa shape index (κ1) is 20.6. The zero-order chi connectivity index (χ0) is 22.4. The van der Waals surface area contributed by atoms with Crippen LogP contribution in [0, 0.1) is 19.7 Å². The van der Waals surface area contributed by atoms with E-state index in [0.29, 0.717) is 18.0 Å². The second-order valence-electron chi connectivity index (χ2n) is 8.28. The number of benzene rings is 3. The molecule has 3 aromatic carbocycles. The van der Waals surface area contributed by atoms with Gasteiger partial charge in [0.25, 0.3) is 0 Å². The monoisotopic (exact) mass is 447 g/mol. The van der Waals surface area contributed by atoms with E-state index in [1.807, 2.05) is 55.1 Å². The number of nitrogens with one attached hydrogen (secondary N) is 2. The summed E-state index contributed by atoms with van der Waals surface area (Å²) < 4.78 is 13.7. The Labute approximate surface area is 191 Å². The topological polar surface area (TPSA) is 48.1 Å². The molecule has 1 aliphatic rings. The molecule has 1 atom stereocenters. The molecule has 0 spiro atoms. The Morgan fingerprint density at radius 3 is 2.69 bits per heavy atom. The van der Waals surface area contributed by atoms with E-state index in [-0.39, 0.29) is 17.9 Å². The Bertz CT molecular complexity index is 1330. The third-order valence-corrected chi connectivity index (χ3v) is 6.62. The largest absolute Gasteiger partial charge is 0.356 e. The molecule has 2 amide bonds. The molecule has 0 saturated heterocycles. The summed E-state index contributed by atoms with van der Waals surface area (Å²) in [5.41, 5.74) is 6.86. The van der Waals surface area contributed by atoms with Gasteiger partial charge in [-0.15, -0.1) is 0 Å². The second-order valence-corrected chi connectivity index (χ2v) is 8.72. The summed E-state index contributed by atoms with van der Waals surface area (Å²) in [7, 11) is 0. The normalized spacial score (nSPS) is 15.6. The summed E-state index contributed by atoms with van der Waals surface area (Å²) in [6, 6.07) is 17.4. The van der Waals surface area contributed by atoms with E-state index in [1.54, 1.807) is 12.1 Å². The molecule has 162 valence electrons. The lowest BCUT2D eigenvalue weighted by molar-refractivity contribution is 0.193. The molecule has 1 aromatic heterocycles. The molecule has 5 rings (SSSR count). The van der Waals surface area contributed by atoms with Crippen LogP contribution < -0.4 is 5.32 Å². The van der Waals surface area contributed by atoms with Crippen LogP contribution in [0.2, 0.25) is 5.02 Å².